The number of carbonyl (C=O) groups is 3. The molecule has 3 amide bonds. The second-order valence-electron chi connectivity index (χ2n) is 8.51. The van der Waals surface area contributed by atoms with Crippen LogP contribution in [-0.4, -0.2) is 71.8 Å². The summed E-state index contributed by atoms with van der Waals surface area (Å²) in [5.41, 5.74) is 0.271. The molecule has 1 aromatic rings. The summed E-state index contributed by atoms with van der Waals surface area (Å²) < 4.78 is 13.4. The lowest BCUT2D eigenvalue weighted by atomic mass is 10.0. The van der Waals surface area contributed by atoms with E-state index in [-0.39, 0.29) is 41.4 Å². The molecule has 0 saturated carbocycles. The number of carbonyl (C=O) groups excluding carboxylic acids is 3. The van der Waals surface area contributed by atoms with Gasteiger partial charge in [-0.05, 0) is 50.3 Å². The Kier molecular flexibility index (Phi) is 6.32. The van der Waals surface area contributed by atoms with E-state index in [0.717, 1.165) is 25.9 Å². The van der Waals surface area contributed by atoms with Crippen LogP contribution < -0.4 is 10.6 Å². The molecule has 3 aliphatic heterocycles. The van der Waals surface area contributed by atoms with Gasteiger partial charge in [-0.2, -0.15) is 0 Å². The molecule has 30 heavy (non-hydrogen) atoms. The zero-order chi connectivity index (χ0) is 21.1. The molecule has 3 fully saturated rings. The minimum atomic E-state index is -0.454. The smallest absolute Gasteiger partial charge is 0.251 e. The predicted octanol–water partition coefficient (Wildman–Crippen LogP) is 1.29. The quantitative estimate of drug-likeness (QED) is 0.758. The van der Waals surface area contributed by atoms with E-state index in [2.05, 4.69) is 15.5 Å². The SMILES string of the molecule is O=C(N[C@H]1C[C@H]2C(=O)NC[C@@H](CCC(=O)N3CCCCC3)N2C1)c1cccc(F)c1. The number of nitrogens with one attached hydrogen (secondary N) is 2. The number of halogens is 1. The molecular formula is C22H29FN4O3. The Labute approximate surface area is 176 Å². The second kappa shape index (κ2) is 9.12. The number of hydrogen-bond donors (Lipinski definition) is 2. The van der Waals surface area contributed by atoms with Gasteiger partial charge in [0.15, 0.2) is 0 Å². The highest BCUT2D eigenvalue weighted by Crippen LogP contribution is 2.26. The maximum absolute atomic E-state index is 13.4. The number of fused-ring (bicyclic) bond motifs is 1. The third kappa shape index (κ3) is 4.64. The summed E-state index contributed by atoms with van der Waals surface area (Å²) in [6, 6.07) is 5.18. The van der Waals surface area contributed by atoms with Gasteiger partial charge in [-0.15, -0.1) is 0 Å². The van der Waals surface area contributed by atoms with Crippen LogP contribution >= 0.6 is 0 Å². The molecule has 162 valence electrons. The molecule has 0 bridgehead atoms. The van der Waals surface area contributed by atoms with E-state index in [9.17, 15) is 18.8 Å². The molecule has 2 N–H and O–H groups in total. The molecule has 8 heteroatoms. The fraction of sp³-hybridized carbons (Fsp3) is 0.591. The maximum atomic E-state index is 13.4. The Morgan fingerprint density at radius 3 is 2.77 bits per heavy atom. The van der Waals surface area contributed by atoms with E-state index in [4.69, 9.17) is 0 Å². The number of piperidine rings is 1. The molecule has 0 unspecified atom stereocenters. The zero-order valence-electron chi connectivity index (χ0n) is 17.1. The van der Waals surface area contributed by atoms with Crippen LogP contribution in [0.3, 0.4) is 0 Å². The van der Waals surface area contributed by atoms with Gasteiger partial charge in [0.25, 0.3) is 5.91 Å². The number of nitrogens with zero attached hydrogens (tertiary/aromatic N) is 2. The molecule has 3 heterocycles. The fourth-order valence-corrected chi connectivity index (χ4v) is 4.84. The van der Waals surface area contributed by atoms with E-state index >= 15 is 0 Å². The number of likely N-dealkylation sites (tertiary alicyclic amines) is 1. The average Bonchev–Trinajstić information content (AvgIpc) is 3.18. The first-order chi connectivity index (χ1) is 14.5. The van der Waals surface area contributed by atoms with Crippen molar-refractivity contribution in [3.05, 3.63) is 35.6 Å². The predicted molar refractivity (Wildman–Crippen MR) is 109 cm³/mol. The van der Waals surface area contributed by atoms with E-state index < -0.39 is 5.82 Å². The molecule has 0 radical (unpaired) electrons. The van der Waals surface area contributed by atoms with Crippen LogP contribution in [0.4, 0.5) is 4.39 Å². The Morgan fingerprint density at radius 1 is 1.20 bits per heavy atom. The van der Waals surface area contributed by atoms with Gasteiger partial charge in [0.2, 0.25) is 11.8 Å². The van der Waals surface area contributed by atoms with Gasteiger partial charge >= 0.3 is 0 Å². The van der Waals surface area contributed by atoms with E-state index in [1.165, 1.54) is 24.6 Å². The molecule has 3 atom stereocenters. The second-order valence-corrected chi connectivity index (χ2v) is 8.51. The van der Waals surface area contributed by atoms with Crippen molar-refractivity contribution in [2.45, 2.75) is 56.7 Å². The summed E-state index contributed by atoms with van der Waals surface area (Å²) in [5.74, 6) is -0.629. The van der Waals surface area contributed by atoms with Crippen LogP contribution in [0.25, 0.3) is 0 Å². The number of benzene rings is 1. The van der Waals surface area contributed by atoms with Gasteiger partial charge in [0.05, 0.1) is 6.04 Å². The molecular weight excluding hydrogens is 387 g/mol. The standard InChI is InChI=1S/C22H29FN4O3/c23-16-6-4-5-15(11-16)21(29)25-17-12-19-22(30)24-13-18(27(19)14-17)7-8-20(28)26-9-2-1-3-10-26/h4-6,11,17-19H,1-3,7-10,12-14H2,(H,24,30)(H,25,29)/t17-,18+,19-/m0/s1. The van der Waals surface area contributed by atoms with Gasteiger partial charge < -0.3 is 15.5 Å². The van der Waals surface area contributed by atoms with E-state index in [1.807, 2.05) is 4.90 Å². The van der Waals surface area contributed by atoms with Crippen molar-refractivity contribution in [2.24, 2.45) is 0 Å². The first-order valence-electron chi connectivity index (χ1n) is 10.9. The van der Waals surface area contributed by atoms with Crippen molar-refractivity contribution in [1.29, 1.82) is 0 Å². The highest BCUT2D eigenvalue weighted by Gasteiger charge is 2.43. The Balaban J connectivity index is 1.34. The largest absolute Gasteiger partial charge is 0.353 e. The first-order valence-corrected chi connectivity index (χ1v) is 10.9. The Hall–Kier alpha value is -2.48. The van der Waals surface area contributed by atoms with Crippen LogP contribution in [0, 0.1) is 5.82 Å². The molecule has 0 spiro atoms. The van der Waals surface area contributed by atoms with Gasteiger partial charge in [0, 0.05) is 50.2 Å². The van der Waals surface area contributed by atoms with Gasteiger partial charge in [0.1, 0.15) is 5.82 Å². The average molecular weight is 416 g/mol. The van der Waals surface area contributed by atoms with Crippen molar-refractivity contribution in [1.82, 2.24) is 20.4 Å². The van der Waals surface area contributed by atoms with Crippen molar-refractivity contribution >= 4 is 17.7 Å². The number of piperazine rings is 1. The molecule has 0 aromatic heterocycles. The molecule has 3 saturated heterocycles. The first kappa shape index (κ1) is 20.8. The van der Waals surface area contributed by atoms with Crippen LogP contribution in [0.2, 0.25) is 0 Å². The van der Waals surface area contributed by atoms with Gasteiger partial charge in [-0.1, -0.05) is 6.07 Å². The number of amides is 3. The van der Waals surface area contributed by atoms with Gasteiger partial charge in [-0.3, -0.25) is 19.3 Å². The Morgan fingerprint density at radius 2 is 2.00 bits per heavy atom. The third-order valence-corrected chi connectivity index (χ3v) is 6.45. The van der Waals surface area contributed by atoms with Crippen LogP contribution in [0.5, 0.6) is 0 Å². The lowest BCUT2D eigenvalue weighted by Gasteiger charge is -2.37. The summed E-state index contributed by atoms with van der Waals surface area (Å²) >= 11 is 0. The summed E-state index contributed by atoms with van der Waals surface area (Å²) in [5, 5.41) is 5.89. The van der Waals surface area contributed by atoms with Crippen molar-refractivity contribution < 1.29 is 18.8 Å². The van der Waals surface area contributed by atoms with Crippen molar-refractivity contribution in [2.75, 3.05) is 26.2 Å². The lowest BCUT2D eigenvalue weighted by Crippen LogP contribution is -2.58. The monoisotopic (exact) mass is 416 g/mol. The van der Waals surface area contributed by atoms with E-state index in [1.54, 1.807) is 6.07 Å². The molecule has 1 aromatic carbocycles. The zero-order valence-corrected chi connectivity index (χ0v) is 17.1. The number of rotatable bonds is 5. The van der Waals surface area contributed by atoms with Crippen LogP contribution in [0.15, 0.2) is 24.3 Å². The van der Waals surface area contributed by atoms with Crippen molar-refractivity contribution in [3.63, 3.8) is 0 Å². The van der Waals surface area contributed by atoms with Crippen LogP contribution in [-0.2, 0) is 9.59 Å². The van der Waals surface area contributed by atoms with Crippen LogP contribution in [0.1, 0.15) is 48.9 Å². The summed E-state index contributed by atoms with van der Waals surface area (Å²) in [4.78, 5) is 41.4. The van der Waals surface area contributed by atoms with E-state index in [0.29, 0.717) is 32.4 Å². The summed E-state index contributed by atoms with van der Waals surface area (Å²) in [6.45, 7) is 2.77. The fourth-order valence-electron chi connectivity index (χ4n) is 4.84. The third-order valence-electron chi connectivity index (χ3n) is 6.45. The highest BCUT2D eigenvalue weighted by atomic mass is 19.1. The minimum Gasteiger partial charge on any atom is -0.353 e. The minimum absolute atomic E-state index is 0.0314. The topological polar surface area (TPSA) is 81.8 Å². The molecule has 4 rings (SSSR count). The Bertz CT molecular complexity index is 811. The molecule has 3 aliphatic rings. The molecule has 7 nitrogen and oxygen atoms in total. The normalized spacial score (nSPS) is 26.8. The highest BCUT2D eigenvalue weighted by molar-refractivity contribution is 5.94. The molecule has 0 aliphatic carbocycles. The maximum Gasteiger partial charge on any atom is 0.251 e. The lowest BCUT2D eigenvalue weighted by molar-refractivity contribution is -0.133. The summed E-state index contributed by atoms with van der Waals surface area (Å²) in [6.07, 6.45) is 5.03. The van der Waals surface area contributed by atoms with Gasteiger partial charge in [-0.25, -0.2) is 4.39 Å². The van der Waals surface area contributed by atoms with Crippen molar-refractivity contribution in [3.8, 4) is 0 Å². The summed E-state index contributed by atoms with van der Waals surface area (Å²) in [7, 11) is 0. The number of hydrogen-bond acceptors (Lipinski definition) is 4.